The predicted octanol–water partition coefficient (Wildman–Crippen LogP) is 3.31. The fourth-order valence-electron chi connectivity index (χ4n) is 2.65. The van der Waals surface area contributed by atoms with Crippen LogP contribution in [-0.4, -0.2) is 33.4 Å². The molecule has 2 unspecified atom stereocenters. The van der Waals surface area contributed by atoms with Crippen LogP contribution in [0.5, 0.6) is 0 Å². The van der Waals surface area contributed by atoms with Crippen molar-refractivity contribution in [3.63, 3.8) is 0 Å². The number of aliphatic carboxylic acids is 1. The molecule has 1 aliphatic carbocycles. The molecule has 0 spiro atoms. The third-order valence-corrected chi connectivity index (χ3v) is 6.05. The summed E-state index contributed by atoms with van der Waals surface area (Å²) in [5.74, 6) is -0.702. The van der Waals surface area contributed by atoms with Gasteiger partial charge in [0.25, 0.3) is 0 Å². The van der Waals surface area contributed by atoms with Gasteiger partial charge < -0.3 is 10.4 Å². The van der Waals surface area contributed by atoms with Gasteiger partial charge >= 0.3 is 5.97 Å². The van der Waals surface area contributed by atoms with Crippen molar-refractivity contribution >= 4 is 29.1 Å². The summed E-state index contributed by atoms with van der Waals surface area (Å²) in [4.78, 5) is 16.2. The van der Waals surface area contributed by atoms with Crippen molar-refractivity contribution in [3.05, 3.63) is 11.1 Å². The molecule has 1 aromatic heterocycles. The number of aromatic nitrogens is 1. The van der Waals surface area contributed by atoms with Gasteiger partial charge in [0.05, 0.1) is 0 Å². The smallest absolute Gasteiger partial charge is 0.323 e. The van der Waals surface area contributed by atoms with E-state index in [1.165, 1.54) is 0 Å². The van der Waals surface area contributed by atoms with Crippen LogP contribution in [0.3, 0.4) is 0 Å². The summed E-state index contributed by atoms with van der Waals surface area (Å²) in [6.45, 7) is 4.82. The minimum Gasteiger partial charge on any atom is -0.480 e. The molecule has 2 N–H and O–H groups in total. The highest BCUT2D eigenvalue weighted by molar-refractivity contribution is 8.01. The second kappa shape index (κ2) is 6.91. The van der Waals surface area contributed by atoms with Gasteiger partial charge in [0.15, 0.2) is 0 Å². The van der Waals surface area contributed by atoms with E-state index in [0.717, 1.165) is 42.3 Å². The Bertz CT molecular complexity index is 464. The van der Waals surface area contributed by atoms with Gasteiger partial charge in [-0.25, -0.2) is 4.98 Å². The van der Waals surface area contributed by atoms with Crippen molar-refractivity contribution in [1.29, 1.82) is 0 Å². The van der Waals surface area contributed by atoms with Gasteiger partial charge in [-0.1, -0.05) is 18.7 Å². The molecule has 1 fully saturated rings. The lowest BCUT2D eigenvalue weighted by molar-refractivity contribution is -0.146. The standard InChI is InChI=1S/C14H22N2O2S2/c1-3-7-15-14(12(17)18)6-4-5-11(8-14)20-13-16-10(2)9-19-13/h9,11,15H,3-8H2,1-2H3,(H,17,18). The van der Waals surface area contributed by atoms with Crippen LogP contribution in [0.1, 0.15) is 44.7 Å². The third kappa shape index (κ3) is 3.74. The van der Waals surface area contributed by atoms with E-state index in [0.29, 0.717) is 11.7 Å². The van der Waals surface area contributed by atoms with E-state index >= 15 is 0 Å². The molecule has 2 rings (SSSR count). The Kier molecular flexibility index (Phi) is 5.46. The number of thiazole rings is 1. The first-order valence-corrected chi connectivity index (χ1v) is 8.89. The molecule has 1 aromatic rings. The first-order chi connectivity index (χ1) is 9.55. The van der Waals surface area contributed by atoms with E-state index in [9.17, 15) is 9.90 Å². The molecule has 1 heterocycles. The normalized spacial score (nSPS) is 26.6. The average molecular weight is 314 g/mol. The second-order valence-corrected chi connectivity index (χ2v) is 7.81. The number of thioether (sulfide) groups is 1. The topological polar surface area (TPSA) is 62.2 Å². The Morgan fingerprint density at radius 1 is 1.70 bits per heavy atom. The quantitative estimate of drug-likeness (QED) is 0.843. The largest absolute Gasteiger partial charge is 0.480 e. The molecule has 4 nitrogen and oxygen atoms in total. The van der Waals surface area contributed by atoms with Gasteiger partial charge in [-0.2, -0.15) is 0 Å². The summed E-state index contributed by atoms with van der Waals surface area (Å²) in [7, 11) is 0. The van der Waals surface area contributed by atoms with Crippen molar-refractivity contribution < 1.29 is 9.90 Å². The summed E-state index contributed by atoms with van der Waals surface area (Å²) in [6, 6.07) is 0. The van der Waals surface area contributed by atoms with E-state index in [2.05, 4.69) is 17.2 Å². The zero-order chi connectivity index (χ0) is 14.6. The van der Waals surface area contributed by atoms with Gasteiger partial charge in [0.1, 0.15) is 9.88 Å². The highest BCUT2D eigenvalue weighted by Gasteiger charge is 2.42. The lowest BCUT2D eigenvalue weighted by atomic mass is 9.81. The van der Waals surface area contributed by atoms with Crippen LogP contribution in [0.25, 0.3) is 0 Å². The van der Waals surface area contributed by atoms with E-state index in [1.807, 2.05) is 12.3 Å². The summed E-state index contributed by atoms with van der Waals surface area (Å²) in [5, 5.41) is 15.3. The SMILES string of the molecule is CCCNC1(C(=O)O)CCCC(Sc2nc(C)cs2)C1. The van der Waals surface area contributed by atoms with Crippen LogP contribution in [-0.2, 0) is 4.79 Å². The molecule has 20 heavy (non-hydrogen) atoms. The molecule has 0 radical (unpaired) electrons. The first kappa shape index (κ1) is 15.8. The van der Waals surface area contributed by atoms with Crippen molar-refractivity contribution in [2.75, 3.05) is 6.54 Å². The number of nitrogens with one attached hydrogen (secondary N) is 1. The molecule has 1 aliphatic rings. The average Bonchev–Trinajstić information content (AvgIpc) is 2.82. The predicted molar refractivity (Wildman–Crippen MR) is 83.6 cm³/mol. The molecule has 112 valence electrons. The van der Waals surface area contributed by atoms with Crippen LogP contribution in [0, 0.1) is 6.92 Å². The lowest BCUT2D eigenvalue weighted by Gasteiger charge is -2.37. The van der Waals surface area contributed by atoms with Gasteiger partial charge in [-0.15, -0.1) is 11.3 Å². The number of carboxylic acids is 1. The van der Waals surface area contributed by atoms with Crippen molar-refractivity contribution in [1.82, 2.24) is 10.3 Å². The molecule has 6 heteroatoms. The van der Waals surface area contributed by atoms with Crippen LogP contribution >= 0.6 is 23.1 Å². The van der Waals surface area contributed by atoms with Gasteiger partial charge in [0, 0.05) is 16.3 Å². The van der Waals surface area contributed by atoms with E-state index in [1.54, 1.807) is 23.1 Å². The van der Waals surface area contributed by atoms with Crippen LogP contribution in [0.2, 0.25) is 0 Å². The lowest BCUT2D eigenvalue weighted by Crippen LogP contribution is -2.55. The zero-order valence-corrected chi connectivity index (χ0v) is 13.6. The van der Waals surface area contributed by atoms with Gasteiger partial charge in [-0.05, 0) is 45.6 Å². The molecule has 0 saturated heterocycles. The molecular weight excluding hydrogens is 292 g/mol. The first-order valence-electron chi connectivity index (χ1n) is 7.13. The molecule has 0 bridgehead atoms. The Labute approximate surface area is 128 Å². The van der Waals surface area contributed by atoms with Crippen LogP contribution in [0.15, 0.2) is 9.72 Å². The molecular formula is C14H22N2O2S2. The maximum atomic E-state index is 11.7. The fourth-order valence-corrected chi connectivity index (χ4v) is 5.08. The Balaban J connectivity index is 2.03. The molecule has 0 amide bonds. The maximum absolute atomic E-state index is 11.7. The molecule has 0 aromatic carbocycles. The number of rotatable bonds is 6. The Morgan fingerprint density at radius 2 is 2.50 bits per heavy atom. The highest BCUT2D eigenvalue weighted by atomic mass is 32.2. The fraction of sp³-hybridized carbons (Fsp3) is 0.714. The molecule has 0 aliphatic heterocycles. The number of aryl methyl sites for hydroxylation is 1. The molecule has 2 atom stereocenters. The van der Waals surface area contributed by atoms with Crippen molar-refractivity contribution in [3.8, 4) is 0 Å². The maximum Gasteiger partial charge on any atom is 0.323 e. The van der Waals surface area contributed by atoms with Gasteiger partial charge in [-0.3, -0.25) is 4.79 Å². The van der Waals surface area contributed by atoms with Crippen LogP contribution < -0.4 is 5.32 Å². The summed E-state index contributed by atoms with van der Waals surface area (Å²) in [6.07, 6.45) is 4.41. The Morgan fingerprint density at radius 3 is 3.10 bits per heavy atom. The number of hydrogen-bond donors (Lipinski definition) is 2. The minimum absolute atomic E-state index is 0.342. The monoisotopic (exact) mass is 314 g/mol. The third-order valence-electron chi connectivity index (χ3n) is 3.69. The van der Waals surface area contributed by atoms with Gasteiger partial charge in [0.2, 0.25) is 0 Å². The zero-order valence-electron chi connectivity index (χ0n) is 12.0. The summed E-state index contributed by atoms with van der Waals surface area (Å²) >= 11 is 3.40. The van der Waals surface area contributed by atoms with E-state index in [-0.39, 0.29) is 0 Å². The van der Waals surface area contributed by atoms with Crippen LogP contribution in [0.4, 0.5) is 0 Å². The summed E-state index contributed by atoms with van der Waals surface area (Å²) < 4.78 is 1.06. The highest BCUT2D eigenvalue weighted by Crippen LogP contribution is 2.39. The molecule has 1 saturated carbocycles. The summed E-state index contributed by atoms with van der Waals surface area (Å²) in [5.41, 5.74) is 0.306. The number of hydrogen-bond acceptors (Lipinski definition) is 5. The second-order valence-electron chi connectivity index (χ2n) is 5.41. The number of carboxylic acid groups (broad SMARTS) is 1. The van der Waals surface area contributed by atoms with E-state index < -0.39 is 11.5 Å². The number of nitrogens with zero attached hydrogens (tertiary/aromatic N) is 1. The number of carbonyl (C=O) groups is 1. The van der Waals surface area contributed by atoms with E-state index in [4.69, 9.17) is 0 Å². The van der Waals surface area contributed by atoms with Crippen molar-refractivity contribution in [2.24, 2.45) is 0 Å². The van der Waals surface area contributed by atoms with Crippen molar-refractivity contribution in [2.45, 2.75) is 61.1 Å². The minimum atomic E-state index is -0.738. The Hall–Kier alpha value is -0.590.